The first kappa shape index (κ1) is 26.2. The highest BCUT2D eigenvalue weighted by Gasteiger charge is 2.59. The number of hydrogen-bond acceptors (Lipinski definition) is 4. The molecule has 0 aliphatic carbocycles. The van der Waals surface area contributed by atoms with Gasteiger partial charge in [-0.15, -0.1) is 11.8 Å². The SMILES string of the molecule is COc1ccc2c(c1)C1(SCCN1C(=O)NCc1cccc(C)c1)C(=O)N2Cc1ccc(C(C)(C)C)cc1. The summed E-state index contributed by atoms with van der Waals surface area (Å²) in [4.78, 5) is 30.3. The Morgan fingerprint density at radius 2 is 1.82 bits per heavy atom. The second kappa shape index (κ2) is 10.0. The zero-order valence-electron chi connectivity index (χ0n) is 22.7. The molecule has 198 valence electrons. The maximum absolute atomic E-state index is 14.3. The van der Waals surface area contributed by atoms with Crippen molar-refractivity contribution in [3.8, 4) is 5.75 Å². The fourth-order valence-electron chi connectivity index (χ4n) is 5.27. The topological polar surface area (TPSA) is 61.9 Å². The van der Waals surface area contributed by atoms with Crippen molar-refractivity contribution in [1.82, 2.24) is 10.2 Å². The van der Waals surface area contributed by atoms with E-state index in [0.29, 0.717) is 31.1 Å². The molecule has 6 nitrogen and oxygen atoms in total. The lowest BCUT2D eigenvalue weighted by molar-refractivity contribution is -0.123. The van der Waals surface area contributed by atoms with Gasteiger partial charge in [0.1, 0.15) is 5.75 Å². The van der Waals surface area contributed by atoms with Gasteiger partial charge in [0.25, 0.3) is 5.91 Å². The molecule has 5 rings (SSSR count). The number of thioether (sulfide) groups is 1. The number of rotatable bonds is 5. The third kappa shape index (κ3) is 4.64. The van der Waals surface area contributed by atoms with Gasteiger partial charge in [-0.1, -0.05) is 74.9 Å². The fraction of sp³-hybridized carbons (Fsp3) is 0.355. The molecule has 1 N–H and O–H groups in total. The number of nitrogens with one attached hydrogen (secondary N) is 1. The molecule has 0 aromatic heterocycles. The minimum Gasteiger partial charge on any atom is -0.497 e. The van der Waals surface area contributed by atoms with Crippen molar-refractivity contribution in [3.05, 3.63) is 94.5 Å². The molecule has 1 unspecified atom stereocenters. The van der Waals surface area contributed by atoms with Crippen LogP contribution >= 0.6 is 11.8 Å². The van der Waals surface area contributed by atoms with Crippen molar-refractivity contribution < 1.29 is 14.3 Å². The summed E-state index contributed by atoms with van der Waals surface area (Å²) in [5.41, 5.74) is 6.15. The maximum Gasteiger partial charge on any atom is 0.319 e. The van der Waals surface area contributed by atoms with Gasteiger partial charge in [0.05, 0.1) is 19.3 Å². The van der Waals surface area contributed by atoms with Gasteiger partial charge in [0.15, 0.2) is 4.87 Å². The zero-order chi connectivity index (χ0) is 27.1. The third-order valence-corrected chi connectivity index (χ3v) is 8.75. The Balaban J connectivity index is 1.46. The number of fused-ring (bicyclic) bond motifs is 2. The van der Waals surface area contributed by atoms with Crippen molar-refractivity contribution in [1.29, 1.82) is 0 Å². The minimum atomic E-state index is -1.12. The summed E-state index contributed by atoms with van der Waals surface area (Å²) in [6.45, 7) is 9.93. The van der Waals surface area contributed by atoms with Crippen LogP contribution in [0, 0.1) is 6.92 Å². The minimum absolute atomic E-state index is 0.0575. The molecule has 3 aromatic rings. The second-order valence-corrected chi connectivity index (χ2v) is 12.3. The molecule has 2 heterocycles. The number of nitrogens with zero attached hydrogens (tertiary/aromatic N) is 2. The number of benzene rings is 3. The van der Waals surface area contributed by atoms with E-state index in [9.17, 15) is 9.59 Å². The summed E-state index contributed by atoms with van der Waals surface area (Å²) >= 11 is 1.52. The van der Waals surface area contributed by atoms with E-state index in [-0.39, 0.29) is 17.4 Å². The predicted molar refractivity (Wildman–Crippen MR) is 154 cm³/mol. The van der Waals surface area contributed by atoms with Crippen LogP contribution in [0.3, 0.4) is 0 Å². The summed E-state index contributed by atoms with van der Waals surface area (Å²) in [5.74, 6) is 1.25. The maximum atomic E-state index is 14.3. The molecule has 0 radical (unpaired) electrons. The Morgan fingerprint density at radius 3 is 2.50 bits per heavy atom. The van der Waals surface area contributed by atoms with E-state index in [0.717, 1.165) is 27.9 Å². The number of methoxy groups -OCH3 is 1. The molecule has 0 saturated carbocycles. The quantitative estimate of drug-likeness (QED) is 0.443. The normalized spacial score (nSPS) is 18.7. The summed E-state index contributed by atoms with van der Waals surface area (Å²) in [6.07, 6.45) is 0. The van der Waals surface area contributed by atoms with Crippen LogP contribution in [-0.2, 0) is 28.2 Å². The molecule has 2 aliphatic rings. The Bertz CT molecular complexity index is 1370. The van der Waals surface area contributed by atoms with Crippen LogP contribution in [0.1, 0.15) is 48.6 Å². The van der Waals surface area contributed by atoms with Crippen molar-refractivity contribution in [2.75, 3.05) is 24.3 Å². The molecule has 3 aromatic carbocycles. The predicted octanol–water partition coefficient (Wildman–Crippen LogP) is 5.96. The van der Waals surface area contributed by atoms with Crippen LogP contribution < -0.4 is 15.0 Å². The Hall–Kier alpha value is -3.45. The van der Waals surface area contributed by atoms with Gasteiger partial charge in [0.2, 0.25) is 0 Å². The van der Waals surface area contributed by atoms with Gasteiger partial charge in [-0.3, -0.25) is 9.69 Å². The smallest absolute Gasteiger partial charge is 0.319 e. The van der Waals surface area contributed by atoms with Crippen LogP contribution in [0.4, 0.5) is 10.5 Å². The number of anilines is 1. The summed E-state index contributed by atoms with van der Waals surface area (Å²) in [7, 11) is 1.62. The van der Waals surface area contributed by atoms with E-state index in [2.05, 4.69) is 56.4 Å². The molecule has 38 heavy (non-hydrogen) atoms. The van der Waals surface area contributed by atoms with E-state index >= 15 is 0 Å². The summed E-state index contributed by atoms with van der Waals surface area (Å²) in [6, 6.07) is 22.0. The van der Waals surface area contributed by atoms with Gasteiger partial charge >= 0.3 is 6.03 Å². The van der Waals surface area contributed by atoms with Crippen molar-refractivity contribution in [3.63, 3.8) is 0 Å². The lowest BCUT2D eigenvalue weighted by Gasteiger charge is -2.33. The van der Waals surface area contributed by atoms with E-state index in [1.807, 2.05) is 48.2 Å². The standard InChI is InChI=1S/C31H35N3O3S/c1-21-7-6-8-23(17-21)19-32-29(36)34-15-16-38-31(34)26-18-25(37-5)13-14-27(26)33(28(31)35)20-22-9-11-24(12-10-22)30(2,3)4/h6-14,17-18H,15-16,19-20H2,1-5H3,(H,32,36). The monoisotopic (exact) mass is 529 g/mol. The lowest BCUT2D eigenvalue weighted by Crippen LogP contribution is -2.53. The Morgan fingerprint density at radius 1 is 1.05 bits per heavy atom. The van der Waals surface area contributed by atoms with Gasteiger partial charge in [-0.25, -0.2) is 4.79 Å². The zero-order valence-corrected chi connectivity index (χ0v) is 23.5. The van der Waals surface area contributed by atoms with Crippen LogP contribution in [0.15, 0.2) is 66.7 Å². The number of amides is 3. The van der Waals surface area contributed by atoms with E-state index in [1.54, 1.807) is 12.0 Å². The Kier molecular flexibility index (Phi) is 6.90. The number of ether oxygens (including phenoxy) is 1. The molecule has 1 fully saturated rings. The average molecular weight is 530 g/mol. The molecule has 1 spiro atoms. The van der Waals surface area contributed by atoms with Crippen molar-refractivity contribution >= 4 is 29.4 Å². The first-order chi connectivity index (χ1) is 18.1. The molecule has 7 heteroatoms. The molecule has 2 aliphatic heterocycles. The highest BCUT2D eigenvalue weighted by Crippen LogP contribution is 2.55. The number of hydrogen-bond donors (Lipinski definition) is 1. The van der Waals surface area contributed by atoms with Crippen LogP contribution in [0.2, 0.25) is 0 Å². The van der Waals surface area contributed by atoms with Crippen LogP contribution in [0.5, 0.6) is 5.75 Å². The van der Waals surface area contributed by atoms with Crippen molar-refractivity contribution in [2.45, 2.75) is 51.1 Å². The molecule has 3 amide bonds. The van der Waals surface area contributed by atoms with Gasteiger partial charge in [0, 0.05) is 24.4 Å². The van der Waals surface area contributed by atoms with E-state index in [4.69, 9.17) is 4.74 Å². The van der Waals surface area contributed by atoms with E-state index < -0.39 is 4.87 Å². The number of carbonyl (C=O) groups is 2. The van der Waals surface area contributed by atoms with Gasteiger partial charge in [-0.2, -0.15) is 0 Å². The number of carbonyl (C=O) groups excluding carboxylic acids is 2. The molecular weight excluding hydrogens is 494 g/mol. The van der Waals surface area contributed by atoms with Crippen molar-refractivity contribution in [2.24, 2.45) is 0 Å². The van der Waals surface area contributed by atoms with Crippen LogP contribution in [-0.4, -0.2) is 36.2 Å². The largest absolute Gasteiger partial charge is 0.497 e. The lowest BCUT2D eigenvalue weighted by atomic mass is 9.87. The molecule has 1 atom stereocenters. The van der Waals surface area contributed by atoms with Gasteiger partial charge < -0.3 is 15.0 Å². The Labute approximate surface area is 229 Å². The first-order valence-corrected chi connectivity index (χ1v) is 14.0. The second-order valence-electron chi connectivity index (χ2n) is 11.0. The van der Waals surface area contributed by atoms with Gasteiger partial charge in [-0.05, 0) is 47.2 Å². The summed E-state index contributed by atoms with van der Waals surface area (Å²) < 4.78 is 5.53. The first-order valence-electron chi connectivity index (χ1n) is 13.0. The number of aryl methyl sites for hydroxylation is 1. The molecule has 1 saturated heterocycles. The number of urea groups is 1. The third-order valence-electron chi connectivity index (χ3n) is 7.33. The molecular formula is C31H35N3O3S. The molecule has 0 bridgehead atoms. The fourth-order valence-corrected chi connectivity index (χ4v) is 6.72. The van der Waals surface area contributed by atoms with E-state index in [1.165, 1.54) is 17.3 Å². The highest BCUT2D eigenvalue weighted by molar-refractivity contribution is 8.01. The summed E-state index contributed by atoms with van der Waals surface area (Å²) in [5, 5.41) is 3.06. The highest BCUT2D eigenvalue weighted by atomic mass is 32.2. The average Bonchev–Trinajstić information content (AvgIpc) is 3.44. The van der Waals surface area contributed by atoms with Crippen LogP contribution in [0.25, 0.3) is 0 Å².